The highest BCUT2D eigenvalue weighted by molar-refractivity contribution is 5.89. The first-order valence-corrected chi connectivity index (χ1v) is 30.0. The molecule has 5 aliphatic rings. The Bertz CT molecular complexity index is 4400. The SMILES string of the molecule is c1ccc(C2C3=C(Cc4ccccc43)C3c4cc5c(cc4Cc4cc(C(c6ccccc6)c6ccccc6)cc2c43)C(c2ccccc2)c2cc(C(c3ccccc3)c3ccccc3)cc3c2C5c2ccccc2C3c2ccccc2)cc1. The molecule has 0 saturated heterocycles. The van der Waals surface area contributed by atoms with Crippen LogP contribution >= 0.6 is 0 Å². The van der Waals surface area contributed by atoms with Crippen molar-refractivity contribution >= 4 is 5.57 Å². The predicted molar refractivity (Wildman–Crippen MR) is 339 cm³/mol. The quantitative estimate of drug-likeness (QED) is 0.126. The second kappa shape index (κ2) is 19.5. The minimum absolute atomic E-state index is 0.00139. The van der Waals surface area contributed by atoms with E-state index in [1.54, 1.807) is 5.57 Å². The van der Waals surface area contributed by atoms with Gasteiger partial charge < -0.3 is 0 Å². The Balaban J connectivity index is 0.959. The first kappa shape index (κ1) is 48.1. The molecule has 12 aromatic carbocycles. The zero-order valence-corrected chi connectivity index (χ0v) is 46.2. The van der Waals surface area contributed by atoms with Gasteiger partial charge in [-0.25, -0.2) is 0 Å². The van der Waals surface area contributed by atoms with Crippen LogP contribution in [0, 0.1) is 0 Å². The molecule has 0 spiro atoms. The van der Waals surface area contributed by atoms with Gasteiger partial charge in [-0.1, -0.05) is 297 Å². The molecule has 5 aliphatic carbocycles. The molecular formula is C83H60. The number of hydrogen-bond donors (Lipinski definition) is 0. The summed E-state index contributed by atoms with van der Waals surface area (Å²) in [5.74, 6) is 0.377. The molecule has 12 aromatic rings. The van der Waals surface area contributed by atoms with Crippen molar-refractivity contribution in [3.05, 3.63) is 431 Å². The average Bonchev–Trinajstić information content (AvgIpc) is 3.26. The Hall–Kier alpha value is -9.62. The van der Waals surface area contributed by atoms with Gasteiger partial charge in [-0.3, -0.25) is 0 Å². The first-order chi connectivity index (χ1) is 41.2. The Kier molecular flexibility index (Phi) is 11.3. The fraction of sp³-hybridized carbons (Fsp3) is 0.108. The van der Waals surface area contributed by atoms with Gasteiger partial charge in [-0.15, -0.1) is 0 Å². The molecule has 0 fully saturated rings. The third kappa shape index (κ3) is 7.66. The van der Waals surface area contributed by atoms with E-state index in [2.05, 4.69) is 297 Å². The molecule has 0 heterocycles. The Morgan fingerprint density at radius 3 is 1.14 bits per heavy atom. The third-order valence-electron chi connectivity index (χ3n) is 19.6. The standard InChI is InChI=1S/C83H60/c1-8-26-52(27-9-1)74(53-28-10-2-11-29-53)62-45-61-44-60-47-68-69(51-67(60)82-73-46-59-40-22-23-41-64(59)80(73)78(72(48-62)79(61)82)58-38-20-7-21-39-58)81-66-43-25-24-42-65(66)76(56-34-16-5-17-35-56)70-49-63(50-71(83(70)81)77(68)57-36-18-6-19-37-57)75(54-30-12-3-13-31-54)55-32-14-4-15-33-55/h1-43,45,47-51,74-78,81-82H,44,46H2. The summed E-state index contributed by atoms with van der Waals surface area (Å²) in [7, 11) is 0. The summed E-state index contributed by atoms with van der Waals surface area (Å²) >= 11 is 0. The van der Waals surface area contributed by atoms with E-state index < -0.39 is 0 Å². The minimum atomic E-state index is -0.00139. The highest BCUT2D eigenvalue weighted by Crippen LogP contribution is 2.63. The van der Waals surface area contributed by atoms with Gasteiger partial charge in [0.05, 0.1) is 0 Å². The lowest BCUT2D eigenvalue weighted by Gasteiger charge is -2.45. The molecule has 0 bridgehead atoms. The summed E-state index contributed by atoms with van der Waals surface area (Å²) in [6.45, 7) is 0. The zero-order valence-electron chi connectivity index (χ0n) is 46.2. The normalized spacial score (nSPS) is 18.3. The largest absolute Gasteiger partial charge is 0.0622 e. The van der Waals surface area contributed by atoms with Gasteiger partial charge >= 0.3 is 0 Å². The van der Waals surface area contributed by atoms with E-state index >= 15 is 0 Å². The molecule has 83 heavy (non-hydrogen) atoms. The fourth-order valence-electron chi connectivity index (χ4n) is 16.5. The molecule has 0 N–H and O–H groups in total. The molecule has 0 amide bonds. The number of allylic oxidation sites excluding steroid dienone is 2. The zero-order chi connectivity index (χ0) is 54.5. The summed E-state index contributed by atoms with van der Waals surface area (Å²) in [6, 6.07) is 114. The van der Waals surface area contributed by atoms with Crippen LogP contribution in [-0.4, -0.2) is 0 Å². The molecule has 0 radical (unpaired) electrons. The topological polar surface area (TPSA) is 0 Å². The van der Waals surface area contributed by atoms with Crippen LogP contribution in [0.25, 0.3) is 5.57 Å². The van der Waals surface area contributed by atoms with Crippen LogP contribution in [-0.2, 0) is 12.8 Å². The van der Waals surface area contributed by atoms with Crippen LogP contribution in [0.1, 0.15) is 169 Å². The maximum atomic E-state index is 2.78. The van der Waals surface area contributed by atoms with E-state index in [0.717, 1.165) is 12.8 Å². The van der Waals surface area contributed by atoms with Crippen LogP contribution < -0.4 is 0 Å². The number of fused-ring (bicyclic) bond motifs is 9. The lowest BCUT2D eigenvalue weighted by molar-refractivity contribution is 0.734. The van der Waals surface area contributed by atoms with Crippen molar-refractivity contribution in [2.24, 2.45) is 0 Å². The maximum Gasteiger partial charge on any atom is 0.0352 e. The maximum absolute atomic E-state index is 2.78. The fourth-order valence-corrected chi connectivity index (χ4v) is 16.5. The van der Waals surface area contributed by atoms with Gasteiger partial charge in [0.1, 0.15) is 0 Å². The Labute approximate surface area is 487 Å². The third-order valence-corrected chi connectivity index (χ3v) is 19.6. The summed E-state index contributed by atoms with van der Waals surface area (Å²) in [6.07, 6.45) is 1.81. The molecule has 0 heteroatoms. The summed E-state index contributed by atoms with van der Waals surface area (Å²) in [4.78, 5) is 0. The molecule has 392 valence electrons. The van der Waals surface area contributed by atoms with Crippen molar-refractivity contribution in [3.63, 3.8) is 0 Å². The van der Waals surface area contributed by atoms with Crippen molar-refractivity contribution in [1.29, 1.82) is 0 Å². The monoisotopic (exact) mass is 1060 g/mol. The average molecular weight is 1060 g/mol. The molecule has 0 aliphatic heterocycles. The van der Waals surface area contributed by atoms with E-state index in [4.69, 9.17) is 0 Å². The number of benzene rings is 12. The summed E-state index contributed by atoms with van der Waals surface area (Å²) in [5, 5.41) is 0. The van der Waals surface area contributed by atoms with Crippen molar-refractivity contribution in [2.75, 3.05) is 0 Å². The molecule has 5 unspecified atom stereocenters. The van der Waals surface area contributed by atoms with Crippen LogP contribution in [0.15, 0.2) is 303 Å². The van der Waals surface area contributed by atoms with Gasteiger partial charge in [-0.2, -0.15) is 0 Å². The Morgan fingerprint density at radius 2 is 0.627 bits per heavy atom. The number of rotatable bonds is 9. The predicted octanol–water partition coefficient (Wildman–Crippen LogP) is 19.4. The molecule has 5 atom stereocenters. The van der Waals surface area contributed by atoms with Crippen molar-refractivity contribution in [2.45, 2.75) is 54.3 Å². The molecule has 17 rings (SSSR count). The molecule has 0 nitrogen and oxygen atoms in total. The Morgan fingerprint density at radius 1 is 0.229 bits per heavy atom. The first-order valence-electron chi connectivity index (χ1n) is 30.0. The highest BCUT2D eigenvalue weighted by atomic mass is 14.5. The van der Waals surface area contributed by atoms with Gasteiger partial charge in [0.25, 0.3) is 0 Å². The van der Waals surface area contributed by atoms with Crippen LogP contribution in [0.4, 0.5) is 0 Å². The highest BCUT2D eigenvalue weighted by Gasteiger charge is 2.48. The summed E-state index contributed by atoms with van der Waals surface area (Å²) < 4.78 is 0. The van der Waals surface area contributed by atoms with E-state index in [9.17, 15) is 0 Å². The van der Waals surface area contributed by atoms with Crippen molar-refractivity contribution in [1.82, 2.24) is 0 Å². The van der Waals surface area contributed by atoms with E-state index in [1.165, 1.54) is 134 Å². The lowest BCUT2D eigenvalue weighted by atomic mass is 9.58. The van der Waals surface area contributed by atoms with Gasteiger partial charge in [0.2, 0.25) is 0 Å². The second-order valence-electron chi connectivity index (χ2n) is 24.0. The van der Waals surface area contributed by atoms with Crippen LogP contribution in [0.3, 0.4) is 0 Å². The minimum Gasteiger partial charge on any atom is -0.0622 e. The smallest absolute Gasteiger partial charge is 0.0352 e. The molecular weight excluding hydrogens is 997 g/mol. The van der Waals surface area contributed by atoms with E-state index in [1.807, 2.05) is 0 Å². The van der Waals surface area contributed by atoms with Crippen molar-refractivity contribution in [3.8, 4) is 0 Å². The van der Waals surface area contributed by atoms with Gasteiger partial charge in [0, 0.05) is 41.4 Å². The van der Waals surface area contributed by atoms with Gasteiger partial charge in [0.15, 0.2) is 0 Å². The molecule has 0 saturated carbocycles. The van der Waals surface area contributed by atoms with Crippen molar-refractivity contribution < 1.29 is 0 Å². The second-order valence-corrected chi connectivity index (χ2v) is 24.0. The van der Waals surface area contributed by atoms with Crippen LogP contribution in [0.5, 0.6) is 0 Å². The van der Waals surface area contributed by atoms with Gasteiger partial charge in [-0.05, 0) is 152 Å². The van der Waals surface area contributed by atoms with Crippen LogP contribution in [0.2, 0.25) is 0 Å². The lowest BCUT2D eigenvalue weighted by Crippen LogP contribution is -2.30. The summed E-state index contributed by atoms with van der Waals surface area (Å²) in [5.41, 5.74) is 35.4. The van der Waals surface area contributed by atoms with E-state index in [-0.39, 0.29) is 41.4 Å². The number of hydrogen-bond acceptors (Lipinski definition) is 0. The van der Waals surface area contributed by atoms with E-state index in [0.29, 0.717) is 0 Å². The molecule has 0 aromatic heterocycles.